The highest BCUT2D eigenvalue weighted by molar-refractivity contribution is 9.10. The molecule has 0 aliphatic heterocycles. The second kappa shape index (κ2) is 5.01. The van der Waals surface area contributed by atoms with Crippen molar-refractivity contribution >= 4 is 27.8 Å². The molecule has 0 saturated carbocycles. The predicted octanol–water partition coefficient (Wildman–Crippen LogP) is 1.28. The molecule has 2 rings (SSSR count). The molecule has 0 atom stereocenters. The Morgan fingerprint density at radius 3 is 2.83 bits per heavy atom. The Bertz CT molecular complexity index is 718. The molecule has 3 N–H and O–H groups in total. The fourth-order valence-corrected chi connectivity index (χ4v) is 1.65. The fourth-order valence-electron chi connectivity index (χ4n) is 1.27. The van der Waals surface area contributed by atoms with Gasteiger partial charge in [-0.2, -0.15) is 0 Å². The minimum atomic E-state index is -0.593. The maximum Gasteiger partial charge on any atom is 0.325 e. The largest absolute Gasteiger partial charge is 0.507 e. The number of aromatic hydroxyl groups is 1. The fraction of sp³-hybridized carbons (Fsp3) is 0. The van der Waals surface area contributed by atoms with Gasteiger partial charge < -0.3 is 10.1 Å². The first-order valence-corrected chi connectivity index (χ1v) is 5.70. The van der Waals surface area contributed by atoms with Crippen molar-refractivity contribution in [2.24, 2.45) is 4.99 Å². The molecule has 1 heterocycles. The van der Waals surface area contributed by atoms with Crippen molar-refractivity contribution in [1.29, 1.82) is 0 Å². The summed E-state index contributed by atoms with van der Waals surface area (Å²) in [6.07, 6.45) is 2.54. The van der Waals surface area contributed by atoms with E-state index in [-0.39, 0.29) is 11.4 Å². The number of nitrogens with zero attached hydrogens (tertiary/aromatic N) is 1. The van der Waals surface area contributed by atoms with Gasteiger partial charge in [-0.1, -0.05) is 15.9 Å². The van der Waals surface area contributed by atoms with Crippen LogP contribution in [0.1, 0.15) is 5.56 Å². The lowest BCUT2D eigenvalue weighted by Gasteiger charge is -1.98. The predicted molar refractivity (Wildman–Crippen MR) is 70.7 cm³/mol. The highest BCUT2D eigenvalue weighted by atomic mass is 79.9. The van der Waals surface area contributed by atoms with Crippen LogP contribution in [0.15, 0.2) is 43.5 Å². The van der Waals surface area contributed by atoms with E-state index in [4.69, 9.17) is 0 Å². The van der Waals surface area contributed by atoms with Gasteiger partial charge in [-0.15, -0.1) is 0 Å². The van der Waals surface area contributed by atoms with Gasteiger partial charge in [-0.05, 0) is 18.2 Å². The first kappa shape index (κ1) is 12.3. The molecule has 6 nitrogen and oxygen atoms in total. The minimum Gasteiger partial charge on any atom is -0.507 e. The Morgan fingerprint density at radius 1 is 1.33 bits per heavy atom. The summed E-state index contributed by atoms with van der Waals surface area (Å²) < 4.78 is 0.775. The molecule has 18 heavy (non-hydrogen) atoms. The Balaban J connectivity index is 2.38. The van der Waals surface area contributed by atoms with Crippen molar-refractivity contribution in [1.82, 2.24) is 9.97 Å². The van der Waals surface area contributed by atoms with E-state index in [2.05, 4.69) is 25.9 Å². The molecule has 0 spiro atoms. The molecular formula is C11H8BrN3O3. The zero-order chi connectivity index (χ0) is 13.1. The number of hydrogen-bond donors (Lipinski definition) is 3. The molecule has 0 aliphatic rings. The normalized spacial score (nSPS) is 10.9. The summed E-state index contributed by atoms with van der Waals surface area (Å²) in [7, 11) is 0. The van der Waals surface area contributed by atoms with Gasteiger partial charge in [0.15, 0.2) is 0 Å². The lowest BCUT2D eigenvalue weighted by atomic mass is 10.2. The summed E-state index contributed by atoms with van der Waals surface area (Å²) in [5.74, 6) is 0.0443. The third-order valence-electron chi connectivity index (χ3n) is 2.13. The van der Waals surface area contributed by atoms with Crippen LogP contribution < -0.4 is 11.2 Å². The van der Waals surface area contributed by atoms with Crippen LogP contribution >= 0.6 is 15.9 Å². The van der Waals surface area contributed by atoms with Crippen molar-refractivity contribution in [3.05, 3.63) is 55.3 Å². The number of phenolic OH excluding ortho intramolecular Hbond substituents is 1. The average molecular weight is 310 g/mol. The van der Waals surface area contributed by atoms with Crippen LogP contribution in [0.3, 0.4) is 0 Å². The Hall–Kier alpha value is -2.15. The molecule has 0 bridgehead atoms. The smallest absolute Gasteiger partial charge is 0.325 e. The van der Waals surface area contributed by atoms with Crippen LogP contribution in [-0.4, -0.2) is 21.3 Å². The van der Waals surface area contributed by atoms with Gasteiger partial charge in [-0.3, -0.25) is 9.78 Å². The van der Waals surface area contributed by atoms with E-state index in [1.54, 1.807) is 12.1 Å². The summed E-state index contributed by atoms with van der Waals surface area (Å²) in [5.41, 5.74) is -0.683. The molecule has 0 saturated heterocycles. The number of benzene rings is 1. The number of phenols is 1. The van der Waals surface area contributed by atoms with E-state index >= 15 is 0 Å². The van der Waals surface area contributed by atoms with Gasteiger partial charge in [0, 0.05) is 22.4 Å². The van der Waals surface area contributed by atoms with Crippen LogP contribution in [0.5, 0.6) is 5.75 Å². The topological polar surface area (TPSA) is 98.3 Å². The SMILES string of the molecule is O=c1[nH]cc(N=Cc2cc(Br)ccc2O)c(=O)[nH]1. The average Bonchev–Trinajstić information content (AvgIpc) is 2.32. The number of halogens is 1. The molecule has 2 aromatic rings. The molecule has 0 aliphatic carbocycles. The number of H-pyrrole nitrogens is 2. The third-order valence-corrected chi connectivity index (χ3v) is 2.63. The van der Waals surface area contributed by atoms with E-state index in [0.29, 0.717) is 5.56 Å². The minimum absolute atomic E-state index is 0.0443. The summed E-state index contributed by atoms with van der Waals surface area (Å²) in [4.78, 5) is 30.4. The van der Waals surface area contributed by atoms with E-state index in [1.807, 2.05) is 4.98 Å². The Morgan fingerprint density at radius 2 is 2.11 bits per heavy atom. The lowest BCUT2D eigenvalue weighted by molar-refractivity contribution is 0.474. The second-order valence-corrected chi connectivity index (χ2v) is 4.33. The van der Waals surface area contributed by atoms with Gasteiger partial charge >= 0.3 is 5.69 Å². The highest BCUT2D eigenvalue weighted by Gasteiger charge is 2.00. The van der Waals surface area contributed by atoms with E-state index in [0.717, 1.165) is 4.47 Å². The number of aliphatic imine (C=N–C) groups is 1. The van der Waals surface area contributed by atoms with Gasteiger partial charge in [0.2, 0.25) is 0 Å². The standard InChI is InChI=1S/C11H8BrN3O3/c12-7-1-2-9(16)6(3-7)4-13-8-5-14-11(18)15-10(8)17/h1-5,16H,(H2,14,15,17,18). The molecule has 0 amide bonds. The number of rotatable bonds is 2. The van der Waals surface area contributed by atoms with Gasteiger partial charge in [0.05, 0.1) is 0 Å². The quantitative estimate of drug-likeness (QED) is 0.729. The summed E-state index contributed by atoms with van der Waals surface area (Å²) in [6, 6.07) is 4.83. The Labute approximate surface area is 109 Å². The van der Waals surface area contributed by atoms with E-state index in [1.165, 1.54) is 18.5 Å². The summed E-state index contributed by atoms with van der Waals surface area (Å²) in [5, 5.41) is 9.57. The molecular weight excluding hydrogens is 302 g/mol. The molecule has 92 valence electrons. The van der Waals surface area contributed by atoms with Crippen LogP contribution in [0.25, 0.3) is 0 Å². The van der Waals surface area contributed by atoms with Crippen molar-refractivity contribution in [2.45, 2.75) is 0 Å². The zero-order valence-electron chi connectivity index (χ0n) is 8.98. The van der Waals surface area contributed by atoms with Crippen LogP contribution in [-0.2, 0) is 0 Å². The Kier molecular flexibility index (Phi) is 3.42. The molecule has 0 fully saturated rings. The highest BCUT2D eigenvalue weighted by Crippen LogP contribution is 2.20. The number of nitrogens with one attached hydrogen (secondary N) is 2. The second-order valence-electron chi connectivity index (χ2n) is 3.42. The van der Waals surface area contributed by atoms with Gasteiger partial charge in [0.1, 0.15) is 11.4 Å². The molecule has 1 aromatic carbocycles. The summed E-state index contributed by atoms with van der Waals surface area (Å²) in [6.45, 7) is 0. The lowest BCUT2D eigenvalue weighted by Crippen LogP contribution is -2.20. The van der Waals surface area contributed by atoms with Crippen molar-refractivity contribution in [3.8, 4) is 5.75 Å². The van der Waals surface area contributed by atoms with E-state index < -0.39 is 11.2 Å². The van der Waals surface area contributed by atoms with Crippen LogP contribution in [0, 0.1) is 0 Å². The maximum atomic E-state index is 11.4. The first-order chi connectivity index (χ1) is 8.56. The van der Waals surface area contributed by atoms with Gasteiger partial charge in [0.25, 0.3) is 5.56 Å². The van der Waals surface area contributed by atoms with Crippen molar-refractivity contribution in [3.63, 3.8) is 0 Å². The van der Waals surface area contributed by atoms with Crippen molar-refractivity contribution < 1.29 is 5.11 Å². The number of aromatic amines is 2. The van der Waals surface area contributed by atoms with Gasteiger partial charge in [-0.25, -0.2) is 9.79 Å². The maximum absolute atomic E-state index is 11.4. The molecule has 0 unspecified atom stereocenters. The monoisotopic (exact) mass is 309 g/mol. The molecule has 7 heteroatoms. The number of hydrogen-bond acceptors (Lipinski definition) is 4. The van der Waals surface area contributed by atoms with Crippen molar-refractivity contribution in [2.75, 3.05) is 0 Å². The van der Waals surface area contributed by atoms with E-state index in [9.17, 15) is 14.7 Å². The molecule has 1 aromatic heterocycles. The van der Waals surface area contributed by atoms with Crippen LogP contribution in [0.2, 0.25) is 0 Å². The first-order valence-electron chi connectivity index (χ1n) is 4.91. The molecule has 0 radical (unpaired) electrons. The zero-order valence-corrected chi connectivity index (χ0v) is 10.6. The third kappa shape index (κ3) is 2.75. The number of aromatic nitrogens is 2. The summed E-state index contributed by atoms with van der Waals surface area (Å²) >= 11 is 3.26. The van der Waals surface area contributed by atoms with Crippen LogP contribution in [0.4, 0.5) is 5.69 Å².